The molecule has 3 heterocycles. The molecule has 14 heteroatoms. The van der Waals surface area contributed by atoms with Gasteiger partial charge in [-0.3, -0.25) is 9.36 Å². The summed E-state index contributed by atoms with van der Waals surface area (Å²) in [6.45, 7) is 1.21. The molecule has 1 saturated heterocycles. The molecule has 1 saturated carbocycles. The number of fused-ring (bicyclic) bond motifs is 1. The van der Waals surface area contributed by atoms with Crippen LogP contribution in [-0.2, 0) is 15.7 Å². The molecular weight excluding hydrogens is 534 g/mol. The SMILES string of the molecule is NC(=O)C1CCC(n2c(Nc3c(Cl)cc(C(F)(F)F)cc3Cl)nc3cnc(N[C@@H]4CCOC4)nc32)CC1. The number of alkyl halides is 3. The largest absolute Gasteiger partial charge is 0.416 e. The summed E-state index contributed by atoms with van der Waals surface area (Å²) in [5, 5.41) is 5.88. The van der Waals surface area contributed by atoms with Crippen molar-refractivity contribution in [3.8, 4) is 0 Å². The van der Waals surface area contributed by atoms with Crippen LogP contribution in [0.3, 0.4) is 0 Å². The van der Waals surface area contributed by atoms with Crippen LogP contribution in [0.4, 0.5) is 30.8 Å². The van der Waals surface area contributed by atoms with Gasteiger partial charge in [-0.15, -0.1) is 0 Å². The summed E-state index contributed by atoms with van der Waals surface area (Å²) in [5.41, 5.74) is 5.65. The van der Waals surface area contributed by atoms with Crippen molar-refractivity contribution < 1.29 is 22.7 Å². The maximum atomic E-state index is 13.2. The van der Waals surface area contributed by atoms with Crippen molar-refractivity contribution in [2.24, 2.45) is 11.7 Å². The van der Waals surface area contributed by atoms with Crippen LogP contribution >= 0.6 is 23.2 Å². The highest BCUT2D eigenvalue weighted by Crippen LogP contribution is 2.42. The smallest absolute Gasteiger partial charge is 0.379 e. The van der Waals surface area contributed by atoms with E-state index in [4.69, 9.17) is 38.7 Å². The molecule has 0 spiro atoms. The molecule has 2 aromatic heterocycles. The zero-order valence-electron chi connectivity index (χ0n) is 19.5. The Labute approximate surface area is 219 Å². The van der Waals surface area contributed by atoms with Gasteiger partial charge in [-0.25, -0.2) is 9.97 Å². The van der Waals surface area contributed by atoms with Gasteiger partial charge in [0.15, 0.2) is 5.65 Å². The minimum Gasteiger partial charge on any atom is -0.379 e. The maximum absolute atomic E-state index is 13.2. The first-order valence-corrected chi connectivity index (χ1v) is 12.6. The molecule has 1 aromatic carbocycles. The van der Waals surface area contributed by atoms with Gasteiger partial charge in [-0.05, 0) is 44.2 Å². The fourth-order valence-electron chi connectivity index (χ4n) is 4.81. The molecule has 2 aliphatic rings. The number of nitrogens with two attached hydrogens (primary N) is 1. The summed E-state index contributed by atoms with van der Waals surface area (Å²) >= 11 is 12.4. The first kappa shape index (κ1) is 25.8. The Morgan fingerprint density at radius 3 is 2.41 bits per heavy atom. The number of primary amides is 1. The van der Waals surface area contributed by atoms with Crippen LogP contribution in [0.2, 0.25) is 10.0 Å². The number of halogens is 5. The number of carbonyl (C=O) groups excluding carboxylic acids is 1. The van der Waals surface area contributed by atoms with E-state index in [1.807, 2.05) is 4.57 Å². The van der Waals surface area contributed by atoms with E-state index in [0.717, 1.165) is 18.6 Å². The van der Waals surface area contributed by atoms with Crippen LogP contribution in [0.5, 0.6) is 0 Å². The normalized spacial score (nSPS) is 22.4. The van der Waals surface area contributed by atoms with Gasteiger partial charge >= 0.3 is 6.18 Å². The number of nitrogens with zero attached hydrogens (tertiary/aromatic N) is 4. The first-order chi connectivity index (χ1) is 17.6. The summed E-state index contributed by atoms with van der Waals surface area (Å²) in [7, 11) is 0. The molecule has 0 unspecified atom stereocenters. The summed E-state index contributed by atoms with van der Waals surface area (Å²) in [6.07, 6.45) is 0.258. The van der Waals surface area contributed by atoms with Gasteiger partial charge in [-0.1, -0.05) is 23.2 Å². The standard InChI is InChI=1S/C23H24Cl2F3N7O2/c24-15-7-12(23(26,27)28)8-16(25)18(15)33-22-32-17-9-30-21(31-13-5-6-37-10-13)34-20(17)35(22)14-3-1-11(2-4-14)19(29)36/h7-9,11,13-14H,1-6,10H2,(H2,29,36)(H,32,33)(H,30,31,34)/t11?,13-,14?/m1/s1. The van der Waals surface area contributed by atoms with Gasteiger partial charge in [0.05, 0.1) is 40.1 Å². The molecular formula is C23H24Cl2F3N7O2. The number of rotatable bonds is 6. The van der Waals surface area contributed by atoms with E-state index in [1.165, 1.54) is 0 Å². The predicted molar refractivity (Wildman–Crippen MR) is 133 cm³/mol. The number of aromatic nitrogens is 4. The van der Waals surface area contributed by atoms with E-state index < -0.39 is 11.7 Å². The monoisotopic (exact) mass is 557 g/mol. The van der Waals surface area contributed by atoms with Crippen molar-refractivity contribution in [2.45, 2.75) is 50.4 Å². The second-order valence-electron chi connectivity index (χ2n) is 9.26. The number of nitrogens with one attached hydrogen (secondary N) is 2. The number of anilines is 3. The number of hydrogen-bond donors (Lipinski definition) is 3. The van der Waals surface area contributed by atoms with Gasteiger partial charge < -0.3 is 21.1 Å². The Morgan fingerprint density at radius 1 is 1.11 bits per heavy atom. The highest BCUT2D eigenvalue weighted by atomic mass is 35.5. The lowest BCUT2D eigenvalue weighted by molar-refractivity contribution is -0.137. The zero-order valence-corrected chi connectivity index (χ0v) is 21.0. The third-order valence-corrected chi connectivity index (χ3v) is 7.36. The van der Waals surface area contributed by atoms with E-state index in [2.05, 4.69) is 20.6 Å². The van der Waals surface area contributed by atoms with Crippen molar-refractivity contribution >= 4 is 57.9 Å². The van der Waals surface area contributed by atoms with Crippen molar-refractivity contribution in [3.05, 3.63) is 33.9 Å². The van der Waals surface area contributed by atoms with Gasteiger partial charge in [0.2, 0.25) is 17.8 Å². The summed E-state index contributed by atoms with van der Waals surface area (Å²) in [6, 6.07) is 1.61. The second-order valence-corrected chi connectivity index (χ2v) is 10.1. The third kappa shape index (κ3) is 5.41. The Balaban J connectivity index is 1.53. The van der Waals surface area contributed by atoms with E-state index in [1.54, 1.807) is 6.20 Å². The van der Waals surface area contributed by atoms with Crippen LogP contribution in [0.15, 0.2) is 18.3 Å². The van der Waals surface area contributed by atoms with Crippen LogP contribution in [-0.4, -0.2) is 44.7 Å². The minimum atomic E-state index is -4.60. The molecule has 1 aliphatic heterocycles. The Hall–Kier alpha value is -2.83. The van der Waals surface area contributed by atoms with Gasteiger partial charge in [0, 0.05) is 18.6 Å². The lowest BCUT2D eigenvalue weighted by Crippen LogP contribution is -2.29. The average molecular weight is 558 g/mol. The van der Waals surface area contributed by atoms with Crippen LogP contribution in [0.1, 0.15) is 43.7 Å². The zero-order chi connectivity index (χ0) is 26.3. The molecule has 1 aliphatic carbocycles. The van der Waals surface area contributed by atoms with Gasteiger partial charge in [-0.2, -0.15) is 18.2 Å². The van der Waals surface area contributed by atoms with Crippen LogP contribution in [0.25, 0.3) is 11.2 Å². The Kier molecular flexibility index (Phi) is 7.08. The molecule has 0 radical (unpaired) electrons. The van der Waals surface area contributed by atoms with Crippen molar-refractivity contribution in [2.75, 3.05) is 23.8 Å². The number of ether oxygens (including phenoxy) is 1. The van der Waals surface area contributed by atoms with Crippen molar-refractivity contribution in [1.82, 2.24) is 19.5 Å². The van der Waals surface area contributed by atoms with E-state index in [9.17, 15) is 18.0 Å². The number of benzene rings is 1. The van der Waals surface area contributed by atoms with E-state index in [0.29, 0.717) is 62.0 Å². The quantitative estimate of drug-likeness (QED) is 0.375. The topological polar surface area (TPSA) is 120 Å². The number of amides is 1. The Bertz CT molecular complexity index is 1300. The summed E-state index contributed by atoms with van der Waals surface area (Å²) in [5.74, 6) is 0.169. The second kappa shape index (κ2) is 10.1. The van der Waals surface area contributed by atoms with Crippen molar-refractivity contribution in [3.63, 3.8) is 0 Å². The Morgan fingerprint density at radius 2 is 1.81 bits per heavy atom. The molecule has 5 rings (SSSR count). The minimum absolute atomic E-state index is 0.0854. The van der Waals surface area contributed by atoms with E-state index in [-0.39, 0.29) is 39.6 Å². The number of carbonyl (C=O) groups is 1. The van der Waals surface area contributed by atoms with Crippen molar-refractivity contribution in [1.29, 1.82) is 0 Å². The first-order valence-electron chi connectivity index (χ1n) is 11.8. The average Bonchev–Trinajstić information content (AvgIpc) is 3.48. The molecule has 9 nitrogen and oxygen atoms in total. The van der Waals surface area contributed by atoms with Crippen LogP contribution < -0.4 is 16.4 Å². The lowest BCUT2D eigenvalue weighted by Gasteiger charge is -2.29. The van der Waals surface area contributed by atoms with Crippen LogP contribution in [0, 0.1) is 5.92 Å². The number of imidazole rings is 1. The maximum Gasteiger partial charge on any atom is 0.416 e. The molecule has 4 N–H and O–H groups in total. The third-order valence-electron chi connectivity index (χ3n) is 6.77. The van der Waals surface area contributed by atoms with Gasteiger partial charge in [0.1, 0.15) is 5.52 Å². The molecule has 37 heavy (non-hydrogen) atoms. The molecule has 2 fully saturated rings. The number of hydrogen-bond acceptors (Lipinski definition) is 7. The lowest BCUT2D eigenvalue weighted by atomic mass is 9.85. The molecule has 1 amide bonds. The fraction of sp³-hybridized carbons (Fsp3) is 0.478. The predicted octanol–water partition coefficient (Wildman–Crippen LogP) is 5.31. The summed E-state index contributed by atoms with van der Waals surface area (Å²) in [4.78, 5) is 25.4. The summed E-state index contributed by atoms with van der Waals surface area (Å²) < 4.78 is 46.9. The van der Waals surface area contributed by atoms with Gasteiger partial charge in [0.25, 0.3) is 0 Å². The van der Waals surface area contributed by atoms with E-state index >= 15 is 0 Å². The highest BCUT2D eigenvalue weighted by molar-refractivity contribution is 6.39. The molecule has 0 bridgehead atoms. The molecule has 198 valence electrons. The molecule has 1 atom stereocenters. The molecule has 3 aromatic rings. The highest BCUT2D eigenvalue weighted by Gasteiger charge is 2.33. The fourth-order valence-corrected chi connectivity index (χ4v) is 5.39.